The monoisotopic (exact) mass is 456 g/mol. The van der Waals surface area contributed by atoms with E-state index in [4.69, 9.17) is 33.7 Å². The van der Waals surface area contributed by atoms with Crippen LogP contribution in [0.1, 0.15) is 30.9 Å². The zero-order valence-corrected chi connectivity index (χ0v) is 19.7. The molecule has 1 fully saturated rings. The summed E-state index contributed by atoms with van der Waals surface area (Å²) in [5, 5.41) is 5.61. The van der Waals surface area contributed by atoms with Crippen LogP contribution in [0.15, 0.2) is 48.5 Å². The Morgan fingerprint density at radius 2 is 1.84 bits per heavy atom. The molecule has 4 rings (SSSR count). The van der Waals surface area contributed by atoms with Crippen LogP contribution in [0, 0.1) is 4.77 Å². The molecule has 0 unspecified atom stereocenters. The largest absolute Gasteiger partial charge is 0.376 e. The van der Waals surface area contributed by atoms with E-state index in [1.807, 2.05) is 28.9 Å². The van der Waals surface area contributed by atoms with Crippen LogP contribution in [0.5, 0.6) is 0 Å². The third kappa shape index (κ3) is 5.44. The summed E-state index contributed by atoms with van der Waals surface area (Å²) in [6.07, 6.45) is 3.40. The number of hydrogen-bond acceptors (Lipinski definition) is 4. The summed E-state index contributed by atoms with van der Waals surface area (Å²) >= 11 is 11.9. The second kappa shape index (κ2) is 10.1. The van der Waals surface area contributed by atoms with Crippen molar-refractivity contribution in [3.05, 3.63) is 69.5 Å². The van der Waals surface area contributed by atoms with Gasteiger partial charge in [-0.15, -0.1) is 0 Å². The molecular weight excluding hydrogens is 428 g/mol. The van der Waals surface area contributed by atoms with Gasteiger partial charge in [0.1, 0.15) is 0 Å². The molecular formula is C24H29ClN4OS. The van der Waals surface area contributed by atoms with Crippen molar-refractivity contribution in [3.8, 4) is 11.4 Å². The van der Waals surface area contributed by atoms with Crippen LogP contribution < -0.4 is 0 Å². The lowest BCUT2D eigenvalue weighted by atomic mass is 10.1. The van der Waals surface area contributed by atoms with Crippen molar-refractivity contribution < 1.29 is 4.74 Å². The Labute approximate surface area is 194 Å². The number of aryl methyl sites for hydroxylation is 1. The molecule has 31 heavy (non-hydrogen) atoms. The zero-order chi connectivity index (χ0) is 21.8. The number of ether oxygens (including phenoxy) is 1. The molecule has 0 bridgehead atoms. The maximum atomic E-state index is 6.10. The highest BCUT2D eigenvalue weighted by Crippen LogP contribution is 2.23. The molecule has 1 atom stereocenters. The predicted molar refractivity (Wildman–Crippen MR) is 128 cm³/mol. The summed E-state index contributed by atoms with van der Waals surface area (Å²) in [4.78, 5) is 2.23. The molecule has 1 aliphatic heterocycles. The molecule has 1 aromatic heterocycles. The van der Waals surface area contributed by atoms with E-state index in [0.717, 1.165) is 50.3 Å². The standard InChI is InChI=1S/C24H29ClN4OS/c1-3-18-6-8-19(9-7-18)15-27(2)17-29-24(31)28(16-22-5-4-14-30-22)23(26-29)20-10-12-21(25)13-11-20/h6-13,22H,3-5,14-17H2,1-2H3/t22-/m0/s1. The summed E-state index contributed by atoms with van der Waals surface area (Å²) in [6, 6.07) is 16.6. The average Bonchev–Trinajstić information content (AvgIpc) is 3.39. The number of aromatic nitrogens is 3. The number of benzene rings is 2. The minimum atomic E-state index is 0.185. The Morgan fingerprint density at radius 3 is 2.48 bits per heavy atom. The van der Waals surface area contributed by atoms with Crippen molar-refractivity contribution in [3.63, 3.8) is 0 Å². The second-order valence-electron chi connectivity index (χ2n) is 8.18. The maximum Gasteiger partial charge on any atom is 0.199 e. The molecule has 7 heteroatoms. The van der Waals surface area contributed by atoms with Gasteiger partial charge in [-0.3, -0.25) is 9.47 Å². The van der Waals surface area contributed by atoms with Crippen LogP contribution in [-0.4, -0.2) is 39.0 Å². The minimum Gasteiger partial charge on any atom is -0.376 e. The number of halogens is 1. The normalized spacial score (nSPS) is 16.3. The lowest BCUT2D eigenvalue weighted by Crippen LogP contribution is -2.23. The first-order chi connectivity index (χ1) is 15.0. The number of hydrogen-bond donors (Lipinski definition) is 0. The van der Waals surface area contributed by atoms with E-state index >= 15 is 0 Å². The van der Waals surface area contributed by atoms with Crippen LogP contribution >= 0.6 is 23.8 Å². The topological polar surface area (TPSA) is 35.2 Å². The van der Waals surface area contributed by atoms with Crippen molar-refractivity contribution in [2.75, 3.05) is 13.7 Å². The first kappa shape index (κ1) is 22.2. The van der Waals surface area contributed by atoms with Gasteiger partial charge in [-0.25, -0.2) is 4.68 Å². The number of nitrogens with zero attached hydrogens (tertiary/aromatic N) is 4. The first-order valence-electron chi connectivity index (χ1n) is 10.8. The Bertz CT molecular complexity index is 1050. The fraction of sp³-hybridized carbons (Fsp3) is 0.417. The molecule has 5 nitrogen and oxygen atoms in total. The summed E-state index contributed by atoms with van der Waals surface area (Å²) < 4.78 is 10.6. The Kier molecular flexibility index (Phi) is 7.23. The molecule has 1 saturated heterocycles. The predicted octanol–water partition coefficient (Wildman–Crippen LogP) is 5.57. The third-order valence-electron chi connectivity index (χ3n) is 5.69. The summed E-state index contributed by atoms with van der Waals surface area (Å²) in [7, 11) is 2.09. The van der Waals surface area contributed by atoms with Crippen LogP contribution in [0.4, 0.5) is 0 Å². The van der Waals surface area contributed by atoms with Gasteiger partial charge in [-0.2, -0.15) is 5.10 Å². The van der Waals surface area contributed by atoms with Gasteiger partial charge in [-0.1, -0.05) is 42.8 Å². The summed E-state index contributed by atoms with van der Waals surface area (Å²) in [5.74, 6) is 0.859. The molecule has 164 valence electrons. The van der Waals surface area contributed by atoms with E-state index in [0.29, 0.717) is 16.5 Å². The molecule has 1 aliphatic rings. The Morgan fingerprint density at radius 1 is 1.13 bits per heavy atom. The Hall–Kier alpha value is -1.99. The van der Waals surface area contributed by atoms with Crippen molar-refractivity contribution in [1.29, 1.82) is 0 Å². The SMILES string of the molecule is CCc1ccc(CN(C)Cn2nc(-c3ccc(Cl)cc3)n(C[C@@H]3CCCO3)c2=S)cc1. The number of rotatable bonds is 8. The van der Waals surface area contributed by atoms with Gasteiger partial charge in [0.25, 0.3) is 0 Å². The van der Waals surface area contributed by atoms with Crippen LogP contribution in [-0.2, 0) is 30.9 Å². The molecule has 2 heterocycles. The van der Waals surface area contributed by atoms with Crippen LogP contribution in [0.2, 0.25) is 5.02 Å². The maximum absolute atomic E-state index is 6.10. The van der Waals surface area contributed by atoms with Crippen molar-refractivity contribution in [1.82, 2.24) is 19.2 Å². The summed E-state index contributed by atoms with van der Waals surface area (Å²) in [6.45, 7) is 5.17. The van der Waals surface area contributed by atoms with Crippen LogP contribution in [0.25, 0.3) is 11.4 Å². The van der Waals surface area contributed by atoms with Crippen molar-refractivity contribution in [2.24, 2.45) is 0 Å². The lowest BCUT2D eigenvalue weighted by Gasteiger charge is -2.17. The van der Waals surface area contributed by atoms with Crippen molar-refractivity contribution in [2.45, 2.75) is 52.0 Å². The lowest BCUT2D eigenvalue weighted by molar-refractivity contribution is 0.0967. The highest BCUT2D eigenvalue weighted by molar-refractivity contribution is 7.71. The van der Waals surface area contributed by atoms with E-state index < -0.39 is 0 Å². The van der Waals surface area contributed by atoms with E-state index in [1.54, 1.807) is 0 Å². The van der Waals surface area contributed by atoms with Gasteiger partial charge in [0.2, 0.25) is 0 Å². The fourth-order valence-corrected chi connectivity index (χ4v) is 4.36. The zero-order valence-electron chi connectivity index (χ0n) is 18.1. The van der Waals surface area contributed by atoms with Crippen molar-refractivity contribution >= 4 is 23.8 Å². The molecule has 0 saturated carbocycles. The first-order valence-corrected chi connectivity index (χ1v) is 11.6. The quantitative estimate of drug-likeness (QED) is 0.415. The average molecular weight is 457 g/mol. The van der Waals surface area contributed by atoms with E-state index in [9.17, 15) is 0 Å². The molecule has 0 radical (unpaired) electrons. The summed E-state index contributed by atoms with van der Waals surface area (Å²) in [5.41, 5.74) is 3.64. The van der Waals surface area contributed by atoms with Crippen LogP contribution in [0.3, 0.4) is 0 Å². The van der Waals surface area contributed by atoms with Gasteiger partial charge in [-0.05, 0) is 73.9 Å². The smallest absolute Gasteiger partial charge is 0.199 e. The molecule has 3 aromatic rings. The van der Waals surface area contributed by atoms with Gasteiger partial charge >= 0.3 is 0 Å². The van der Waals surface area contributed by atoms with Gasteiger partial charge in [0.15, 0.2) is 10.6 Å². The third-order valence-corrected chi connectivity index (χ3v) is 6.38. The molecule has 0 spiro atoms. The molecule has 0 aliphatic carbocycles. The van der Waals surface area contributed by atoms with E-state index in [2.05, 4.69) is 47.7 Å². The highest BCUT2D eigenvalue weighted by atomic mass is 35.5. The van der Waals surface area contributed by atoms with Gasteiger partial charge in [0.05, 0.1) is 19.3 Å². The highest BCUT2D eigenvalue weighted by Gasteiger charge is 2.21. The Balaban J connectivity index is 1.57. The van der Waals surface area contributed by atoms with Gasteiger partial charge < -0.3 is 4.74 Å². The molecule has 2 aromatic carbocycles. The van der Waals surface area contributed by atoms with E-state index in [-0.39, 0.29) is 6.10 Å². The minimum absolute atomic E-state index is 0.185. The van der Waals surface area contributed by atoms with Gasteiger partial charge in [0, 0.05) is 23.7 Å². The molecule has 0 N–H and O–H groups in total. The molecule has 0 amide bonds. The fourth-order valence-electron chi connectivity index (χ4n) is 3.97. The second-order valence-corrected chi connectivity index (χ2v) is 8.99. The van der Waals surface area contributed by atoms with E-state index in [1.165, 1.54) is 11.1 Å².